The van der Waals surface area contributed by atoms with Crippen LogP contribution in [0.4, 0.5) is 5.69 Å². The lowest BCUT2D eigenvalue weighted by Crippen LogP contribution is -2.24. The third-order valence-corrected chi connectivity index (χ3v) is 4.91. The minimum atomic E-state index is 0.477. The molecule has 0 spiro atoms. The van der Waals surface area contributed by atoms with E-state index in [1.54, 1.807) is 6.21 Å². The van der Waals surface area contributed by atoms with Gasteiger partial charge in [-0.1, -0.05) is 48.9 Å². The summed E-state index contributed by atoms with van der Waals surface area (Å²) in [4.78, 5) is 0. The molecule has 2 N–H and O–H groups in total. The van der Waals surface area contributed by atoms with E-state index in [2.05, 4.69) is 71.6 Å². The molecular weight excluding hydrogens is 364 g/mol. The Bertz CT molecular complexity index is 988. The van der Waals surface area contributed by atoms with Crippen molar-refractivity contribution >= 4 is 29.2 Å². The predicted molar refractivity (Wildman–Crippen MR) is 122 cm³/mol. The van der Waals surface area contributed by atoms with Gasteiger partial charge in [-0.05, 0) is 67.4 Å². The quantitative estimate of drug-likeness (QED) is 0.352. The number of hydrogen-bond donors (Lipinski definition) is 2. The second-order valence-electron chi connectivity index (χ2n) is 6.83. The van der Waals surface area contributed by atoms with Crippen molar-refractivity contribution in [3.8, 4) is 0 Å². The van der Waals surface area contributed by atoms with Gasteiger partial charge in [-0.2, -0.15) is 5.10 Å². The van der Waals surface area contributed by atoms with Gasteiger partial charge in [-0.3, -0.25) is 5.43 Å². The van der Waals surface area contributed by atoms with Gasteiger partial charge in [0.2, 0.25) is 0 Å². The zero-order chi connectivity index (χ0) is 19.9. The lowest BCUT2D eigenvalue weighted by atomic mass is 10.1. The fourth-order valence-corrected chi connectivity index (χ4v) is 3.26. The third kappa shape index (κ3) is 5.08. The van der Waals surface area contributed by atoms with E-state index >= 15 is 0 Å². The number of para-hydroxylation sites is 1. The van der Waals surface area contributed by atoms with Gasteiger partial charge in [-0.25, -0.2) is 0 Å². The molecule has 0 unspecified atom stereocenters. The van der Waals surface area contributed by atoms with Crippen LogP contribution < -0.4 is 10.7 Å². The van der Waals surface area contributed by atoms with Gasteiger partial charge in [0.25, 0.3) is 0 Å². The standard InChI is InChI=1S/C23H26N4S/c1-4-19-8-5-6-10-22(19)25-23(28)26-24-15-21-9-7-13-27(21)16-20-14-17(2)11-12-18(20)3/h5-15H,4,16H2,1-3H3,(H2,25,26,28)/b24-15-. The summed E-state index contributed by atoms with van der Waals surface area (Å²) in [5, 5.41) is 7.99. The van der Waals surface area contributed by atoms with Crippen LogP contribution in [0.25, 0.3) is 0 Å². The van der Waals surface area contributed by atoms with Crippen LogP contribution in [0, 0.1) is 13.8 Å². The van der Waals surface area contributed by atoms with E-state index in [0.29, 0.717) is 5.11 Å². The van der Waals surface area contributed by atoms with Crippen LogP contribution in [0.3, 0.4) is 0 Å². The molecule has 0 fully saturated rings. The van der Waals surface area contributed by atoms with Crippen molar-refractivity contribution in [1.29, 1.82) is 0 Å². The number of nitrogens with one attached hydrogen (secondary N) is 2. The number of hydrogen-bond acceptors (Lipinski definition) is 2. The number of anilines is 1. The Morgan fingerprint density at radius 3 is 2.71 bits per heavy atom. The van der Waals surface area contributed by atoms with Crippen molar-refractivity contribution < 1.29 is 0 Å². The van der Waals surface area contributed by atoms with E-state index in [1.807, 2.05) is 30.3 Å². The van der Waals surface area contributed by atoms with Crippen LogP contribution in [-0.2, 0) is 13.0 Å². The van der Waals surface area contributed by atoms with Gasteiger partial charge in [0.1, 0.15) is 0 Å². The van der Waals surface area contributed by atoms with E-state index in [1.165, 1.54) is 22.3 Å². The Labute approximate surface area is 172 Å². The normalized spacial score (nSPS) is 11.0. The Morgan fingerprint density at radius 2 is 1.89 bits per heavy atom. The maximum Gasteiger partial charge on any atom is 0.191 e. The Balaban J connectivity index is 1.63. The highest BCUT2D eigenvalue weighted by Crippen LogP contribution is 2.15. The van der Waals surface area contributed by atoms with Gasteiger partial charge in [0, 0.05) is 18.4 Å². The highest BCUT2D eigenvalue weighted by molar-refractivity contribution is 7.80. The lowest BCUT2D eigenvalue weighted by Gasteiger charge is -2.11. The van der Waals surface area contributed by atoms with Gasteiger partial charge < -0.3 is 9.88 Å². The van der Waals surface area contributed by atoms with Crippen LogP contribution in [0.2, 0.25) is 0 Å². The number of thiocarbonyl (C=S) groups is 1. The second kappa shape index (κ2) is 9.33. The van der Waals surface area contributed by atoms with E-state index in [4.69, 9.17) is 12.2 Å². The van der Waals surface area contributed by atoms with Crippen LogP contribution in [0.1, 0.15) is 34.9 Å². The molecule has 2 aromatic carbocycles. The molecule has 1 aromatic heterocycles. The zero-order valence-electron chi connectivity index (χ0n) is 16.6. The molecule has 0 aliphatic rings. The fourth-order valence-electron chi connectivity index (χ4n) is 3.10. The SMILES string of the molecule is CCc1ccccc1NC(=S)N/N=C\c1cccn1Cc1cc(C)ccc1C. The summed E-state index contributed by atoms with van der Waals surface area (Å²) in [6, 6.07) is 18.8. The van der Waals surface area contributed by atoms with Gasteiger partial charge in [0.05, 0.1) is 11.9 Å². The minimum Gasteiger partial charge on any atom is -0.342 e. The average molecular weight is 391 g/mol. The first-order valence-corrected chi connectivity index (χ1v) is 9.87. The highest BCUT2D eigenvalue weighted by Gasteiger charge is 2.04. The van der Waals surface area contributed by atoms with Crippen LogP contribution >= 0.6 is 12.2 Å². The maximum atomic E-state index is 5.36. The Hall–Kier alpha value is -2.92. The molecule has 3 rings (SSSR count). The molecule has 3 aromatic rings. The van der Waals surface area contributed by atoms with Crippen molar-refractivity contribution in [3.63, 3.8) is 0 Å². The van der Waals surface area contributed by atoms with E-state index < -0.39 is 0 Å². The van der Waals surface area contributed by atoms with Crippen LogP contribution in [-0.4, -0.2) is 15.9 Å². The number of nitrogens with zero attached hydrogens (tertiary/aromatic N) is 2. The first-order chi connectivity index (χ1) is 13.6. The van der Waals surface area contributed by atoms with Crippen molar-refractivity contribution in [3.05, 3.63) is 88.7 Å². The van der Waals surface area contributed by atoms with Crippen molar-refractivity contribution in [2.24, 2.45) is 5.10 Å². The molecule has 144 valence electrons. The lowest BCUT2D eigenvalue weighted by molar-refractivity contribution is 0.793. The summed E-state index contributed by atoms with van der Waals surface area (Å²) >= 11 is 5.36. The van der Waals surface area contributed by atoms with Crippen molar-refractivity contribution in [1.82, 2.24) is 9.99 Å². The average Bonchev–Trinajstić information content (AvgIpc) is 3.12. The Kier molecular flexibility index (Phi) is 6.61. The maximum absolute atomic E-state index is 5.36. The molecule has 0 saturated heterocycles. The number of aromatic nitrogens is 1. The fraction of sp³-hybridized carbons (Fsp3) is 0.217. The molecule has 0 aliphatic heterocycles. The summed E-state index contributed by atoms with van der Waals surface area (Å²) < 4.78 is 2.18. The monoisotopic (exact) mass is 390 g/mol. The number of benzene rings is 2. The minimum absolute atomic E-state index is 0.477. The second-order valence-corrected chi connectivity index (χ2v) is 7.23. The number of hydrazone groups is 1. The number of rotatable bonds is 6. The molecule has 28 heavy (non-hydrogen) atoms. The van der Waals surface area contributed by atoms with Crippen LogP contribution in [0.15, 0.2) is 65.9 Å². The summed E-state index contributed by atoms with van der Waals surface area (Å²) in [6.45, 7) is 7.20. The molecule has 5 heteroatoms. The smallest absolute Gasteiger partial charge is 0.191 e. The highest BCUT2D eigenvalue weighted by atomic mass is 32.1. The van der Waals surface area contributed by atoms with Crippen molar-refractivity contribution in [2.45, 2.75) is 33.7 Å². The van der Waals surface area contributed by atoms with E-state index in [9.17, 15) is 0 Å². The van der Waals surface area contributed by atoms with E-state index in [-0.39, 0.29) is 0 Å². The molecule has 0 atom stereocenters. The summed E-state index contributed by atoms with van der Waals surface area (Å²) in [5.74, 6) is 0. The molecule has 0 bridgehead atoms. The molecule has 4 nitrogen and oxygen atoms in total. The van der Waals surface area contributed by atoms with Crippen molar-refractivity contribution in [2.75, 3.05) is 5.32 Å². The largest absolute Gasteiger partial charge is 0.342 e. The molecule has 0 saturated carbocycles. The third-order valence-electron chi connectivity index (χ3n) is 4.72. The zero-order valence-corrected chi connectivity index (χ0v) is 17.4. The molecule has 1 heterocycles. The molecular formula is C23H26N4S. The summed E-state index contributed by atoms with van der Waals surface area (Å²) in [5.41, 5.74) is 10.0. The Morgan fingerprint density at radius 1 is 1.07 bits per heavy atom. The number of aryl methyl sites for hydroxylation is 3. The summed E-state index contributed by atoms with van der Waals surface area (Å²) in [6.07, 6.45) is 4.81. The first kappa shape index (κ1) is 19.8. The molecule has 0 aliphatic carbocycles. The summed E-state index contributed by atoms with van der Waals surface area (Å²) in [7, 11) is 0. The molecule has 0 radical (unpaired) electrons. The van der Waals surface area contributed by atoms with E-state index in [0.717, 1.165) is 24.3 Å². The van der Waals surface area contributed by atoms with Gasteiger partial charge in [0.15, 0.2) is 5.11 Å². The predicted octanol–water partition coefficient (Wildman–Crippen LogP) is 5.04. The molecule has 0 amide bonds. The van der Waals surface area contributed by atoms with Crippen LogP contribution in [0.5, 0.6) is 0 Å². The first-order valence-electron chi connectivity index (χ1n) is 9.46. The topological polar surface area (TPSA) is 41.4 Å². The van der Waals surface area contributed by atoms with Gasteiger partial charge in [-0.15, -0.1) is 0 Å². The van der Waals surface area contributed by atoms with Gasteiger partial charge >= 0.3 is 0 Å².